The Kier molecular flexibility index (Phi) is 7.90. The van der Waals surface area contributed by atoms with Crippen LogP contribution in [0.4, 0.5) is 14.9 Å². The van der Waals surface area contributed by atoms with Gasteiger partial charge in [-0.25, -0.2) is 14.1 Å². The first-order valence-electron chi connectivity index (χ1n) is 10.8. The molecule has 0 atom stereocenters. The molecule has 1 saturated heterocycles. The van der Waals surface area contributed by atoms with Crippen molar-refractivity contribution in [1.29, 1.82) is 0 Å². The van der Waals surface area contributed by atoms with E-state index < -0.39 is 17.8 Å². The Morgan fingerprint density at radius 1 is 1.06 bits per heavy atom. The van der Waals surface area contributed by atoms with Gasteiger partial charge in [0.25, 0.3) is 11.8 Å². The molecule has 4 amide bonds. The molecule has 4 rings (SSSR count). The minimum Gasteiger partial charge on any atom is -0.490 e. The number of amides is 4. The summed E-state index contributed by atoms with van der Waals surface area (Å²) >= 11 is 8.08. The van der Waals surface area contributed by atoms with Crippen molar-refractivity contribution >= 4 is 63.8 Å². The fourth-order valence-electron chi connectivity index (χ4n) is 3.48. The number of ether oxygens (including phenoxy) is 2. The third-order valence-electron chi connectivity index (χ3n) is 5.11. The smallest absolute Gasteiger partial charge is 0.335 e. The van der Waals surface area contributed by atoms with Gasteiger partial charge in [-0.2, -0.15) is 0 Å². The number of urea groups is 1. The highest BCUT2D eigenvalue weighted by atomic mass is 127. The molecule has 3 aromatic carbocycles. The van der Waals surface area contributed by atoms with Gasteiger partial charge in [0.2, 0.25) is 0 Å². The summed E-state index contributed by atoms with van der Waals surface area (Å²) in [6.45, 7) is 2.35. The van der Waals surface area contributed by atoms with Gasteiger partial charge < -0.3 is 9.47 Å². The van der Waals surface area contributed by atoms with Crippen LogP contribution >= 0.6 is 34.2 Å². The van der Waals surface area contributed by atoms with Crippen LogP contribution in [-0.4, -0.2) is 24.5 Å². The molecule has 36 heavy (non-hydrogen) atoms. The van der Waals surface area contributed by atoms with Crippen LogP contribution in [0.3, 0.4) is 0 Å². The molecule has 0 aromatic heterocycles. The van der Waals surface area contributed by atoms with Crippen LogP contribution in [0.25, 0.3) is 6.08 Å². The molecule has 184 valence electrons. The molecule has 7 nitrogen and oxygen atoms in total. The summed E-state index contributed by atoms with van der Waals surface area (Å²) in [5.41, 5.74) is 1.28. The Morgan fingerprint density at radius 2 is 1.81 bits per heavy atom. The predicted octanol–water partition coefficient (Wildman–Crippen LogP) is 5.73. The summed E-state index contributed by atoms with van der Waals surface area (Å²) in [7, 11) is 0. The first-order chi connectivity index (χ1) is 17.3. The Balaban J connectivity index is 1.66. The second-order valence-electron chi connectivity index (χ2n) is 7.62. The predicted molar refractivity (Wildman–Crippen MR) is 142 cm³/mol. The van der Waals surface area contributed by atoms with Gasteiger partial charge in [-0.1, -0.05) is 29.8 Å². The molecule has 1 heterocycles. The zero-order chi connectivity index (χ0) is 25.8. The molecule has 1 fully saturated rings. The van der Waals surface area contributed by atoms with Crippen molar-refractivity contribution in [2.45, 2.75) is 13.5 Å². The van der Waals surface area contributed by atoms with Crippen molar-refractivity contribution in [2.75, 3.05) is 11.5 Å². The molecular formula is C26H19ClFIN2O5. The summed E-state index contributed by atoms with van der Waals surface area (Å²) in [6, 6.07) is 14.7. The third kappa shape index (κ3) is 5.68. The normalized spacial score (nSPS) is 14.7. The Morgan fingerprint density at radius 3 is 2.50 bits per heavy atom. The van der Waals surface area contributed by atoms with Gasteiger partial charge in [0.05, 0.1) is 15.9 Å². The molecule has 1 N–H and O–H groups in total. The summed E-state index contributed by atoms with van der Waals surface area (Å²) in [6.07, 6.45) is 1.39. The van der Waals surface area contributed by atoms with Gasteiger partial charge in [0, 0.05) is 5.02 Å². The number of halogens is 3. The van der Waals surface area contributed by atoms with Gasteiger partial charge >= 0.3 is 6.03 Å². The number of imide groups is 2. The second-order valence-corrected chi connectivity index (χ2v) is 9.21. The lowest BCUT2D eigenvalue weighted by molar-refractivity contribution is -0.122. The molecule has 0 radical (unpaired) electrons. The van der Waals surface area contributed by atoms with Gasteiger partial charge in [-0.05, 0) is 89.2 Å². The van der Waals surface area contributed by atoms with E-state index in [0.717, 1.165) is 10.5 Å². The highest BCUT2D eigenvalue weighted by molar-refractivity contribution is 14.1. The number of carbonyl (C=O) groups excluding carboxylic acids is 3. The van der Waals surface area contributed by atoms with E-state index in [1.807, 2.05) is 6.92 Å². The minimum absolute atomic E-state index is 0.189. The molecule has 0 bridgehead atoms. The summed E-state index contributed by atoms with van der Waals surface area (Å²) in [5.74, 6) is -1.05. The lowest BCUT2D eigenvalue weighted by Gasteiger charge is -2.26. The van der Waals surface area contributed by atoms with Gasteiger partial charge in [0.1, 0.15) is 18.0 Å². The Bertz CT molecular complexity index is 1380. The van der Waals surface area contributed by atoms with Crippen molar-refractivity contribution in [1.82, 2.24) is 5.32 Å². The molecule has 1 aliphatic rings. The number of rotatable bonds is 7. The summed E-state index contributed by atoms with van der Waals surface area (Å²) in [5, 5.41) is 2.52. The fourth-order valence-corrected chi connectivity index (χ4v) is 4.45. The number of hydrogen-bond donors (Lipinski definition) is 1. The number of hydrogen-bond acceptors (Lipinski definition) is 5. The number of carbonyl (C=O) groups is 3. The van der Waals surface area contributed by atoms with Crippen molar-refractivity contribution < 1.29 is 28.2 Å². The number of nitrogens with one attached hydrogen (secondary N) is 1. The zero-order valence-electron chi connectivity index (χ0n) is 18.9. The highest BCUT2D eigenvalue weighted by Crippen LogP contribution is 2.36. The van der Waals surface area contributed by atoms with Crippen LogP contribution in [0.15, 0.2) is 66.2 Å². The van der Waals surface area contributed by atoms with E-state index in [1.54, 1.807) is 42.5 Å². The number of barbiturate groups is 1. The topological polar surface area (TPSA) is 84.9 Å². The highest BCUT2D eigenvalue weighted by Gasteiger charge is 2.37. The largest absolute Gasteiger partial charge is 0.490 e. The molecule has 1 aliphatic heterocycles. The van der Waals surface area contributed by atoms with E-state index in [0.29, 0.717) is 32.3 Å². The van der Waals surface area contributed by atoms with Gasteiger partial charge in [-0.15, -0.1) is 0 Å². The Labute approximate surface area is 225 Å². The Hall–Kier alpha value is -3.44. The molecule has 0 unspecified atom stereocenters. The van der Waals surface area contributed by atoms with Crippen molar-refractivity contribution in [3.63, 3.8) is 0 Å². The van der Waals surface area contributed by atoms with Crippen molar-refractivity contribution in [3.05, 3.63) is 91.8 Å². The van der Waals surface area contributed by atoms with Crippen LogP contribution < -0.4 is 19.7 Å². The minimum atomic E-state index is -0.862. The van der Waals surface area contributed by atoms with E-state index in [9.17, 15) is 18.8 Å². The average molecular weight is 621 g/mol. The standard InChI is InChI=1S/C26H19ClFIN2O5/c1-2-35-22-12-16(11-21(29)23(22)36-14-15-6-8-18(28)9-7-15)10-20-24(32)30-26(34)31(25(20)33)19-5-3-4-17(27)13-19/h3-13H,2,14H2,1H3,(H,30,32,34)/b20-10+. The molecule has 0 saturated carbocycles. The van der Waals surface area contributed by atoms with E-state index in [1.165, 1.54) is 24.3 Å². The third-order valence-corrected chi connectivity index (χ3v) is 6.14. The molecular weight excluding hydrogens is 602 g/mol. The van der Waals surface area contributed by atoms with Crippen LogP contribution in [-0.2, 0) is 16.2 Å². The number of anilines is 1. The van der Waals surface area contributed by atoms with Crippen molar-refractivity contribution in [3.8, 4) is 11.5 Å². The first kappa shape index (κ1) is 25.6. The maximum absolute atomic E-state index is 13.2. The summed E-state index contributed by atoms with van der Waals surface area (Å²) < 4.78 is 25.5. The van der Waals surface area contributed by atoms with E-state index in [4.69, 9.17) is 21.1 Å². The monoisotopic (exact) mass is 620 g/mol. The maximum Gasteiger partial charge on any atom is 0.335 e. The average Bonchev–Trinajstić information content (AvgIpc) is 2.82. The number of nitrogens with zero attached hydrogens (tertiary/aromatic N) is 1. The molecule has 3 aromatic rings. The van der Waals surface area contributed by atoms with E-state index in [-0.39, 0.29) is 23.7 Å². The fraction of sp³-hybridized carbons (Fsp3) is 0.115. The van der Waals surface area contributed by atoms with Crippen LogP contribution in [0, 0.1) is 9.39 Å². The number of benzene rings is 3. The molecule has 0 aliphatic carbocycles. The van der Waals surface area contributed by atoms with Crippen LogP contribution in [0.2, 0.25) is 5.02 Å². The van der Waals surface area contributed by atoms with Crippen LogP contribution in [0.1, 0.15) is 18.1 Å². The summed E-state index contributed by atoms with van der Waals surface area (Å²) in [4.78, 5) is 39.0. The van der Waals surface area contributed by atoms with Crippen molar-refractivity contribution in [2.24, 2.45) is 0 Å². The maximum atomic E-state index is 13.2. The lowest BCUT2D eigenvalue weighted by atomic mass is 10.1. The van der Waals surface area contributed by atoms with Crippen LogP contribution in [0.5, 0.6) is 11.5 Å². The second kappa shape index (κ2) is 11.1. The lowest BCUT2D eigenvalue weighted by Crippen LogP contribution is -2.54. The zero-order valence-corrected chi connectivity index (χ0v) is 21.8. The van der Waals surface area contributed by atoms with Gasteiger partial charge in [-0.3, -0.25) is 14.9 Å². The van der Waals surface area contributed by atoms with Gasteiger partial charge in [0.15, 0.2) is 11.5 Å². The SMILES string of the molecule is CCOc1cc(/C=C2\C(=O)NC(=O)N(c3cccc(Cl)c3)C2=O)cc(I)c1OCc1ccc(F)cc1. The molecule has 0 spiro atoms. The van der Waals surface area contributed by atoms with E-state index in [2.05, 4.69) is 27.9 Å². The first-order valence-corrected chi connectivity index (χ1v) is 12.2. The molecule has 10 heteroatoms. The van der Waals surface area contributed by atoms with E-state index >= 15 is 0 Å². The quantitative estimate of drug-likeness (QED) is 0.207.